The number of benzene rings is 1. The van der Waals surface area contributed by atoms with Crippen molar-refractivity contribution in [1.29, 1.82) is 0 Å². The van der Waals surface area contributed by atoms with Crippen molar-refractivity contribution in [2.75, 3.05) is 0 Å². The zero-order valence-electron chi connectivity index (χ0n) is 9.77. The molecule has 0 bridgehead atoms. The van der Waals surface area contributed by atoms with E-state index in [2.05, 4.69) is 38.9 Å². The van der Waals surface area contributed by atoms with Crippen LogP contribution in [0.5, 0.6) is 0 Å². The summed E-state index contributed by atoms with van der Waals surface area (Å²) in [6, 6.07) is 6.87. The number of unbranched alkanes of at least 4 members (excludes halogenated alkanes) is 2. The van der Waals surface area contributed by atoms with Crippen LogP contribution in [0.1, 0.15) is 37.3 Å². The highest BCUT2D eigenvalue weighted by molar-refractivity contribution is 6.52. The standard InChI is InChI=1S/C13H21B/c1-4-5-6-7-12-10-11(2)8-9-13(12)14-3/h8-10,14H,4-7H2,1-3H3. The van der Waals surface area contributed by atoms with Gasteiger partial charge in [0.25, 0.3) is 0 Å². The summed E-state index contributed by atoms with van der Waals surface area (Å²) in [6.07, 6.45) is 5.27. The van der Waals surface area contributed by atoms with Crippen molar-refractivity contribution in [3.63, 3.8) is 0 Å². The second kappa shape index (κ2) is 5.90. The van der Waals surface area contributed by atoms with Crippen LogP contribution in [-0.4, -0.2) is 7.28 Å². The summed E-state index contributed by atoms with van der Waals surface area (Å²) in [5.74, 6) is 0. The highest BCUT2D eigenvalue weighted by Gasteiger charge is 2.01. The van der Waals surface area contributed by atoms with Crippen molar-refractivity contribution in [2.24, 2.45) is 0 Å². The fraction of sp³-hybridized carbons (Fsp3) is 0.538. The zero-order valence-corrected chi connectivity index (χ0v) is 9.77. The molecule has 1 aromatic rings. The van der Waals surface area contributed by atoms with Crippen LogP contribution >= 0.6 is 0 Å². The van der Waals surface area contributed by atoms with Gasteiger partial charge in [0.2, 0.25) is 0 Å². The quantitative estimate of drug-likeness (QED) is 0.492. The van der Waals surface area contributed by atoms with Gasteiger partial charge in [-0.1, -0.05) is 61.4 Å². The average molecular weight is 188 g/mol. The molecule has 0 amide bonds. The predicted molar refractivity (Wildman–Crippen MR) is 67.1 cm³/mol. The molecular formula is C13H21B. The summed E-state index contributed by atoms with van der Waals surface area (Å²) in [5.41, 5.74) is 4.50. The Bertz CT molecular complexity index is 279. The van der Waals surface area contributed by atoms with Gasteiger partial charge in [0, 0.05) is 0 Å². The van der Waals surface area contributed by atoms with E-state index >= 15 is 0 Å². The van der Waals surface area contributed by atoms with Gasteiger partial charge in [0.1, 0.15) is 0 Å². The van der Waals surface area contributed by atoms with E-state index in [1.165, 1.54) is 44.0 Å². The maximum Gasteiger partial charge on any atom is 0.154 e. The van der Waals surface area contributed by atoms with E-state index in [1.807, 2.05) is 0 Å². The second-order valence-electron chi connectivity index (χ2n) is 4.08. The number of hydrogen-bond acceptors (Lipinski definition) is 0. The molecule has 1 rings (SSSR count). The topological polar surface area (TPSA) is 0 Å². The van der Waals surface area contributed by atoms with Crippen LogP contribution in [0.25, 0.3) is 0 Å². The molecule has 0 aliphatic heterocycles. The molecule has 0 spiro atoms. The van der Waals surface area contributed by atoms with E-state index in [4.69, 9.17) is 0 Å². The lowest BCUT2D eigenvalue weighted by Crippen LogP contribution is -2.16. The molecule has 0 saturated carbocycles. The minimum atomic E-state index is 1.17. The minimum Gasteiger partial charge on any atom is -0.0849 e. The molecule has 0 radical (unpaired) electrons. The Labute approximate surface area is 89.0 Å². The third-order valence-electron chi connectivity index (χ3n) is 2.79. The van der Waals surface area contributed by atoms with Crippen molar-refractivity contribution in [3.05, 3.63) is 29.3 Å². The van der Waals surface area contributed by atoms with Crippen LogP contribution in [-0.2, 0) is 6.42 Å². The maximum atomic E-state index is 2.36. The molecule has 0 N–H and O–H groups in total. The lowest BCUT2D eigenvalue weighted by molar-refractivity contribution is 0.718. The summed E-state index contributed by atoms with van der Waals surface area (Å²) in [6.45, 7) is 6.69. The molecule has 0 fully saturated rings. The van der Waals surface area contributed by atoms with Crippen LogP contribution < -0.4 is 5.46 Å². The first kappa shape index (κ1) is 11.4. The summed E-state index contributed by atoms with van der Waals surface area (Å²) in [4.78, 5) is 0. The van der Waals surface area contributed by atoms with Gasteiger partial charge in [0.15, 0.2) is 7.28 Å². The van der Waals surface area contributed by atoms with Crippen molar-refractivity contribution in [2.45, 2.75) is 46.4 Å². The monoisotopic (exact) mass is 188 g/mol. The third kappa shape index (κ3) is 3.21. The van der Waals surface area contributed by atoms with E-state index in [-0.39, 0.29) is 0 Å². The van der Waals surface area contributed by atoms with Crippen LogP contribution in [0.4, 0.5) is 0 Å². The molecule has 76 valence electrons. The van der Waals surface area contributed by atoms with E-state index in [0.717, 1.165) is 0 Å². The Morgan fingerprint density at radius 1 is 1.21 bits per heavy atom. The molecule has 0 unspecified atom stereocenters. The Hall–Kier alpha value is -0.715. The molecule has 0 aliphatic rings. The van der Waals surface area contributed by atoms with E-state index in [9.17, 15) is 0 Å². The lowest BCUT2D eigenvalue weighted by atomic mass is 9.70. The Kier molecular flexibility index (Phi) is 4.79. The number of aryl methyl sites for hydroxylation is 2. The van der Waals surface area contributed by atoms with Crippen molar-refractivity contribution < 1.29 is 0 Å². The van der Waals surface area contributed by atoms with Crippen LogP contribution in [0.2, 0.25) is 6.82 Å². The average Bonchev–Trinajstić information content (AvgIpc) is 2.19. The molecule has 0 atom stereocenters. The van der Waals surface area contributed by atoms with Gasteiger partial charge in [-0.2, -0.15) is 0 Å². The normalized spacial score (nSPS) is 10.2. The van der Waals surface area contributed by atoms with Gasteiger partial charge in [-0.15, -0.1) is 0 Å². The van der Waals surface area contributed by atoms with Gasteiger partial charge in [0.05, 0.1) is 0 Å². The first-order chi connectivity index (χ1) is 6.77. The summed E-state index contributed by atoms with van der Waals surface area (Å²) in [5, 5.41) is 0. The van der Waals surface area contributed by atoms with E-state index < -0.39 is 0 Å². The van der Waals surface area contributed by atoms with Gasteiger partial charge in [-0.05, 0) is 19.8 Å². The molecule has 0 nitrogen and oxygen atoms in total. The van der Waals surface area contributed by atoms with Crippen LogP contribution in [0.3, 0.4) is 0 Å². The predicted octanol–water partition coefficient (Wildman–Crippen LogP) is 2.84. The first-order valence-electron chi connectivity index (χ1n) is 5.86. The molecule has 0 aliphatic carbocycles. The van der Waals surface area contributed by atoms with Crippen molar-refractivity contribution in [3.8, 4) is 0 Å². The zero-order chi connectivity index (χ0) is 10.4. The van der Waals surface area contributed by atoms with E-state index in [0.29, 0.717) is 0 Å². The highest BCUT2D eigenvalue weighted by atomic mass is 14.0. The maximum absolute atomic E-state index is 2.36. The molecule has 0 saturated heterocycles. The van der Waals surface area contributed by atoms with Gasteiger partial charge < -0.3 is 0 Å². The second-order valence-corrected chi connectivity index (χ2v) is 4.08. The third-order valence-corrected chi connectivity index (χ3v) is 2.79. The highest BCUT2D eigenvalue weighted by Crippen LogP contribution is 2.07. The van der Waals surface area contributed by atoms with Crippen molar-refractivity contribution in [1.82, 2.24) is 0 Å². The lowest BCUT2D eigenvalue weighted by Gasteiger charge is -2.08. The van der Waals surface area contributed by atoms with Gasteiger partial charge in [-0.3, -0.25) is 0 Å². The summed E-state index contributed by atoms with van der Waals surface area (Å²) < 4.78 is 0. The smallest absolute Gasteiger partial charge is 0.0849 e. The van der Waals surface area contributed by atoms with Gasteiger partial charge in [-0.25, -0.2) is 0 Å². The largest absolute Gasteiger partial charge is 0.154 e. The fourth-order valence-electron chi connectivity index (χ4n) is 1.90. The molecule has 0 aromatic heterocycles. The number of hydrogen-bond donors (Lipinski definition) is 0. The molecule has 1 aromatic carbocycles. The Balaban J connectivity index is 2.67. The van der Waals surface area contributed by atoms with Crippen LogP contribution in [0, 0.1) is 6.92 Å². The van der Waals surface area contributed by atoms with Crippen molar-refractivity contribution >= 4 is 12.7 Å². The molecular weight excluding hydrogens is 167 g/mol. The SMILES string of the molecule is CBc1ccc(C)cc1CCCCC. The molecule has 14 heavy (non-hydrogen) atoms. The minimum absolute atomic E-state index is 1.17. The number of rotatable bonds is 5. The first-order valence-corrected chi connectivity index (χ1v) is 5.86. The Morgan fingerprint density at radius 3 is 2.64 bits per heavy atom. The van der Waals surface area contributed by atoms with E-state index in [1.54, 1.807) is 5.56 Å². The summed E-state index contributed by atoms with van der Waals surface area (Å²) in [7, 11) is 1.17. The van der Waals surface area contributed by atoms with Gasteiger partial charge >= 0.3 is 0 Å². The van der Waals surface area contributed by atoms with Crippen LogP contribution in [0.15, 0.2) is 18.2 Å². The molecule has 0 heterocycles. The molecule has 1 heteroatoms. The Morgan fingerprint density at radius 2 is 2.00 bits per heavy atom. The summed E-state index contributed by atoms with van der Waals surface area (Å²) >= 11 is 0. The fourth-order valence-corrected chi connectivity index (χ4v) is 1.90.